The fraction of sp³-hybridized carbons (Fsp3) is 0.444. The average molecular weight is 738 g/mol. The van der Waals surface area contributed by atoms with E-state index in [-0.39, 0.29) is 41.7 Å². The van der Waals surface area contributed by atoms with Gasteiger partial charge in [0.2, 0.25) is 5.91 Å². The van der Waals surface area contributed by atoms with Crippen molar-refractivity contribution in [3.63, 3.8) is 0 Å². The molecule has 3 aromatic rings. The summed E-state index contributed by atoms with van der Waals surface area (Å²) in [6.07, 6.45) is 0. The number of carbonyl (C=O) groups is 2. The molecule has 260 valence electrons. The molecule has 12 heteroatoms. The lowest BCUT2D eigenvalue weighted by molar-refractivity contribution is -0.142. The largest absolute Gasteiger partial charge is 0.493 e. The summed E-state index contributed by atoms with van der Waals surface area (Å²) >= 11 is 19.7. The van der Waals surface area contributed by atoms with Crippen molar-refractivity contribution in [3.05, 3.63) is 98.0 Å². The van der Waals surface area contributed by atoms with Gasteiger partial charge in [-0.05, 0) is 65.4 Å². The van der Waals surface area contributed by atoms with Crippen molar-refractivity contribution >= 4 is 59.0 Å². The number of hydrogen-bond acceptors (Lipinski definition) is 6. The maximum Gasteiger partial charge on any atom is 0.262 e. The van der Waals surface area contributed by atoms with E-state index in [0.717, 1.165) is 16.7 Å². The number of nitrogens with one attached hydrogen (secondary N) is 2. The second-order valence-electron chi connectivity index (χ2n) is 13.5. The molecule has 2 heterocycles. The lowest BCUT2D eigenvalue weighted by atomic mass is 9.84. The highest BCUT2D eigenvalue weighted by Crippen LogP contribution is 2.47. The van der Waals surface area contributed by atoms with E-state index >= 15 is 4.79 Å². The molecule has 2 saturated heterocycles. The SMILES string of the molecule is CCOc1cc(C(C)(C)C)c(Cl)cc1C1(C(=O)N2CCN(CC(=O)N(C)C)CC2)N[C@H](c2ccc(Cl)cc2)[C@H](c2ccc(Cl)cc2)N1.Cl. The standard InChI is InChI=1S/C36H44Cl3N5O3.ClH/c1-7-47-30-21-27(35(2,3)4)29(39)20-28(30)36(34(46)44-18-16-43(17-19-44)22-31(45)42(5)6)40-32(23-8-12-25(37)13-9-23)33(41-36)24-10-14-26(38)15-11-24;/h8-15,20-21,32-33,40-41H,7,16-19,22H2,1-6H3;1H/t32-,33+,36?;. The summed E-state index contributed by atoms with van der Waals surface area (Å²) in [5, 5.41) is 9.34. The Kier molecular flexibility index (Phi) is 12.4. The van der Waals surface area contributed by atoms with Crippen LogP contribution < -0.4 is 15.4 Å². The van der Waals surface area contributed by atoms with Crippen molar-refractivity contribution in [2.45, 2.75) is 50.9 Å². The lowest BCUT2D eigenvalue weighted by Gasteiger charge is -2.41. The third-order valence-electron chi connectivity index (χ3n) is 8.95. The van der Waals surface area contributed by atoms with Gasteiger partial charge in [-0.15, -0.1) is 12.4 Å². The normalized spacial score (nSPS) is 21.5. The van der Waals surface area contributed by atoms with E-state index in [9.17, 15) is 4.79 Å². The Balaban J connectivity index is 0.00000520. The van der Waals surface area contributed by atoms with Crippen LogP contribution in [0.3, 0.4) is 0 Å². The van der Waals surface area contributed by atoms with Crippen LogP contribution in [0.4, 0.5) is 0 Å². The van der Waals surface area contributed by atoms with Gasteiger partial charge in [0, 0.05) is 60.9 Å². The number of hydrogen-bond donors (Lipinski definition) is 2. The Bertz CT molecular complexity index is 1530. The minimum atomic E-state index is -1.42. The van der Waals surface area contributed by atoms with Crippen LogP contribution in [0.2, 0.25) is 15.1 Å². The van der Waals surface area contributed by atoms with Crippen molar-refractivity contribution in [2.75, 3.05) is 53.4 Å². The first-order chi connectivity index (χ1) is 22.2. The van der Waals surface area contributed by atoms with Crippen LogP contribution in [0.15, 0.2) is 60.7 Å². The molecule has 0 radical (unpaired) electrons. The van der Waals surface area contributed by atoms with Crippen molar-refractivity contribution in [2.24, 2.45) is 0 Å². The zero-order valence-electron chi connectivity index (χ0n) is 28.3. The van der Waals surface area contributed by atoms with Crippen molar-refractivity contribution in [1.82, 2.24) is 25.3 Å². The molecule has 2 aliphatic heterocycles. The number of nitrogens with zero attached hydrogens (tertiary/aromatic N) is 3. The minimum Gasteiger partial charge on any atom is -0.493 e. The molecule has 2 N–H and O–H groups in total. The highest BCUT2D eigenvalue weighted by molar-refractivity contribution is 6.32. The molecule has 1 unspecified atom stereocenters. The van der Waals surface area contributed by atoms with Gasteiger partial charge in [-0.25, -0.2) is 0 Å². The molecule has 0 aliphatic carbocycles. The van der Waals surface area contributed by atoms with Gasteiger partial charge in [0.05, 0.1) is 25.2 Å². The number of benzene rings is 3. The van der Waals surface area contributed by atoms with Crippen LogP contribution >= 0.6 is 47.2 Å². The molecule has 2 amide bonds. The van der Waals surface area contributed by atoms with E-state index in [4.69, 9.17) is 39.5 Å². The number of piperazine rings is 1. The molecular formula is C36H45Cl4N5O3. The van der Waals surface area contributed by atoms with Gasteiger partial charge < -0.3 is 14.5 Å². The summed E-state index contributed by atoms with van der Waals surface area (Å²) in [5.74, 6) is 0.468. The van der Waals surface area contributed by atoms with Gasteiger partial charge in [-0.2, -0.15) is 0 Å². The molecule has 48 heavy (non-hydrogen) atoms. The third-order valence-corrected chi connectivity index (χ3v) is 9.77. The summed E-state index contributed by atoms with van der Waals surface area (Å²) in [4.78, 5) is 33.1. The van der Waals surface area contributed by atoms with Crippen LogP contribution in [-0.2, 0) is 20.7 Å². The van der Waals surface area contributed by atoms with E-state index in [1.807, 2.05) is 72.5 Å². The van der Waals surface area contributed by atoms with Gasteiger partial charge in [-0.1, -0.05) is 79.8 Å². The number of rotatable bonds is 8. The fourth-order valence-corrected chi connectivity index (χ4v) is 7.04. The summed E-state index contributed by atoms with van der Waals surface area (Å²) in [6.45, 7) is 11.0. The van der Waals surface area contributed by atoms with Crippen LogP contribution in [0.25, 0.3) is 0 Å². The lowest BCUT2D eigenvalue weighted by Crippen LogP contribution is -2.62. The zero-order valence-corrected chi connectivity index (χ0v) is 31.4. The first-order valence-electron chi connectivity index (χ1n) is 16.0. The van der Waals surface area contributed by atoms with Gasteiger partial charge >= 0.3 is 0 Å². The molecule has 3 atom stereocenters. The molecule has 0 aromatic heterocycles. The quantitative estimate of drug-likeness (QED) is 0.264. The highest BCUT2D eigenvalue weighted by Gasteiger charge is 2.55. The molecule has 2 aliphatic rings. The van der Waals surface area contributed by atoms with Crippen LogP contribution in [0.1, 0.15) is 62.0 Å². The zero-order chi connectivity index (χ0) is 34.1. The molecule has 0 bridgehead atoms. The fourth-order valence-electron chi connectivity index (χ4n) is 6.34. The molecule has 5 rings (SSSR count). The predicted molar refractivity (Wildman–Crippen MR) is 197 cm³/mol. The number of amides is 2. The first-order valence-corrected chi connectivity index (χ1v) is 17.1. The highest BCUT2D eigenvalue weighted by atomic mass is 35.5. The summed E-state index contributed by atoms with van der Waals surface area (Å²) in [5.41, 5.74) is 1.78. The smallest absolute Gasteiger partial charge is 0.262 e. The van der Waals surface area contributed by atoms with E-state index in [1.165, 1.54) is 0 Å². The molecule has 2 fully saturated rings. The summed E-state index contributed by atoms with van der Waals surface area (Å²) < 4.78 is 6.30. The maximum atomic E-state index is 15.1. The Labute approximate surface area is 305 Å². The Morgan fingerprint density at radius 1 is 0.875 bits per heavy atom. The van der Waals surface area contributed by atoms with Gasteiger partial charge in [0.25, 0.3) is 5.91 Å². The second-order valence-corrected chi connectivity index (χ2v) is 14.7. The number of ether oxygens (including phenoxy) is 1. The Morgan fingerprint density at radius 3 is 1.81 bits per heavy atom. The summed E-state index contributed by atoms with van der Waals surface area (Å²) in [7, 11) is 3.51. The van der Waals surface area contributed by atoms with Crippen LogP contribution in [0.5, 0.6) is 5.75 Å². The van der Waals surface area contributed by atoms with E-state index in [2.05, 4.69) is 36.3 Å². The Hall–Kier alpha value is -2.56. The van der Waals surface area contributed by atoms with Gasteiger partial charge in [0.15, 0.2) is 5.66 Å². The van der Waals surface area contributed by atoms with Gasteiger partial charge in [-0.3, -0.25) is 25.1 Å². The number of carbonyl (C=O) groups excluding carboxylic acids is 2. The van der Waals surface area contributed by atoms with Gasteiger partial charge in [0.1, 0.15) is 5.75 Å². The van der Waals surface area contributed by atoms with E-state index in [0.29, 0.717) is 65.7 Å². The van der Waals surface area contributed by atoms with E-state index < -0.39 is 5.66 Å². The predicted octanol–water partition coefficient (Wildman–Crippen LogP) is 6.83. The third kappa shape index (κ3) is 8.07. The maximum absolute atomic E-state index is 15.1. The van der Waals surface area contributed by atoms with Crippen LogP contribution in [0, 0.1) is 0 Å². The number of halogens is 4. The Morgan fingerprint density at radius 2 is 1.38 bits per heavy atom. The topological polar surface area (TPSA) is 77.2 Å². The molecule has 8 nitrogen and oxygen atoms in total. The molecule has 0 spiro atoms. The minimum absolute atomic E-state index is 0. The molecular weight excluding hydrogens is 692 g/mol. The molecule has 0 saturated carbocycles. The van der Waals surface area contributed by atoms with E-state index in [1.54, 1.807) is 19.0 Å². The second kappa shape index (κ2) is 15.5. The van der Waals surface area contributed by atoms with Crippen LogP contribution in [-0.4, -0.2) is 79.9 Å². The van der Waals surface area contributed by atoms with Crippen molar-refractivity contribution < 1.29 is 14.3 Å². The summed E-state index contributed by atoms with van der Waals surface area (Å²) in [6, 6.07) is 18.5. The van der Waals surface area contributed by atoms with Crippen molar-refractivity contribution in [1.29, 1.82) is 0 Å². The first kappa shape index (κ1) is 38.2. The average Bonchev–Trinajstić information content (AvgIpc) is 3.43. The monoisotopic (exact) mass is 735 g/mol. The molecule has 3 aromatic carbocycles. The number of likely N-dealkylation sites (N-methyl/N-ethyl adjacent to an activating group) is 1. The van der Waals surface area contributed by atoms with Crippen molar-refractivity contribution in [3.8, 4) is 5.75 Å².